The lowest BCUT2D eigenvalue weighted by Gasteiger charge is -2.23. The molecule has 0 atom stereocenters. The average Bonchev–Trinajstić information content (AvgIpc) is 3.38. The minimum absolute atomic E-state index is 0.126. The van der Waals surface area contributed by atoms with Crippen molar-refractivity contribution >= 4 is 51.5 Å². The molecule has 0 aliphatic rings. The third-order valence-electron chi connectivity index (χ3n) is 6.67. The Labute approximate surface area is 269 Å². The summed E-state index contributed by atoms with van der Waals surface area (Å²) >= 11 is 13.5. The fourth-order valence-corrected chi connectivity index (χ4v) is 5.42. The molecule has 1 aromatic carbocycles. The van der Waals surface area contributed by atoms with Crippen LogP contribution >= 0.6 is 23.2 Å². The Morgan fingerprint density at radius 2 is 1.71 bits per heavy atom. The monoisotopic (exact) mass is 656 g/mol. The highest BCUT2D eigenvalue weighted by molar-refractivity contribution is 6.41. The Morgan fingerprint density at radius 1 is 1.04 bits per heavy atom. The second-order valence-corrected chi connectivity index (χ2v) is 11.7. The molecular weight excluding hydrogens is 623 g/mol. The van der Waals surface area contributed by atoms with Crippen LogP contribution < -0.4 is 25.7 Å². The predicted molar refractivity (Wildman–Crippen MR) is 174 cm³/mol. The summed E-state index contributed by atoms with van der Waals surface area (Å²) in [6.45, 7) is 9.35. The van der Waals surface area contributed by atoms with Crippen LogP contribution in [0.25, 0.3) is 33.4 Å². The van der Waals surface area contributed by atoms with Crippen molar-refractivity contribution in [2.45, 2.75) is 39.4 Å². The van der Waals surface area contributed by atoms with Gasteiger partial charge in [0.15, 0.2) is 0 Å². The summed E-state index contributed by atoms with van der Waals surface area (Å²) in [5, 5.41) is 10.9. The Morgan fingerprint density at radius 3 is 2.29 bits per heavy atom. The van der Waals surface area contributed by atoms with Crippen LogP contribution in [0.4, 0.5) is 5.69 Å². The number of amides is 2. The van der Waals surface area contributed by atoms with Gasteiger partial charge in [0, 0.05) is 35.9 Å². The van der Waals surface area contributed by atoms with E-state index in [1.165, 1.54) is 37.2 Å². The first-order chi connectivity index (χ1) is 21.3. The van der Waals surface area contributed by atoms with Gasteiger partial charge in [-0.3, -0.25) is 28.6 Å². The number of rotatable bonds is 11. The van der Waals surface area contributed by atoms with E-state index >= 15 is 0 Å². The molecule has 2 amide bonds. The third-order valence-corrected chi connectivity index (χ3v) is 7.42. The van der Waals surface area contributed by atoms with Crippen LogP contribution in [0.2, 0.25) is 10.0 Å². The summed E-state index contributed by atoms with van der Waals surface area (Å²) < 4.78 is 19.0. The normalized spacial score (nSPS) is 11.4. The Kier molecular flexibility index (Phi) is 10.2. The Balaban J connectivity index is 2.02. The summed E-state index contributed by atoms with van der Waals surface area (Å²) in [4.78, 5) is 44.3. The molecule has 0 radical (unpaired) electrons. The van der Waals surface area contributed by atoms with E-state index < -0.39 is 22.9 Å². The van der Waals surface area contributed by atoms with Gasteiger partial charge in [0.2, 0.25) is 11.8 Å². The van der Waals surface area contributed by atoms with E-state index in [1.54, 1.807) is 23.9 Å². The van der Waals surface area contributed by atoms with Crippen molar-refractivity contribution in [1.82, 2.24) is 24.6 Å². The SMILES string of the molecule is C=CC(=O)Nc1cnn(CCOC)c1-c1cc2c(=O)n(CC(=O)NC(C)(C)C)c(-c3c(Cl)c(OC)cc(OC)c3Cl)cc2cn1. The average molecular weight is 658 g/mol. The lowest BCUT2D eigenvalue weighted by atomic mass is 10.0. The molecule has 0 fully saturated rings. The fraction of sp³-hybridized carbons (Fsp3) is 0.323. The summed E-state index contributed by atoms with van der Waals surface area (Å²) in [5.41, 5.74) is 0.597. The number of anilines is 1. The number of nitrogens with zero attached hydrogens (tertiary/aromatic N) is 4. The number of hydrogen-bond donors (Lipinski definition) is 2. The highest BCUT2D eigenvalue weighted by atomic mass is 35.5. The second kappa shape index (κ2) is 13.7. The van der Waals surface area contributed by atoms with Gasteiger partial charge in [0.1, 0.15) is 23.7 Å². The first-order valence-electron chi connectivity index (χ1n) is 13.8. The maximum atomic E-state index is 14.3. The van der Waals surface area contributed by atoms with E-state index in [-0.39, 0.29) is 44.7 Å². The second-order valence-electron chi connectivity index (χ2n) is 11.0. The number of carbonyl (C=O) groups is 2. The first kappa shape index (κ1) is 33.5. The van der Waals surface area contributed by atoms with Crippen molar-refractivity contribution < 1.29 is 23.8 Å². The molecule has 3 aromatic heterocycles. The zero-order valence-electron chi connectivity index (χ0n) is 25.8. The van der Waals surface area contributed by atoms with Gasteiger partial charge < -0.3 is 24.8 Å². The summed E-state index contributed by atoms with van der Waals surface area (Å²) in [7, 11) is 4.44. The van der Waals surface area contributed by atoms with Crippen LogP contribution in [0.5, 0.6) is 11.5 Å². The first-order valence-corrected chi connectivity index (χ1v) is 14.5. The molecule has 4 rings (SSSR count). The van der Waals surface area contributed by atoms with Gasteiger partial charge in [-0.25, -0.2) is 0 Å². The predicted octanol–water partition coefficient (Wildman–Crippen LogP) is 4.94. The maximum Gasteiger partial charge on any atom is 0.259 e. The highest BCUT2D eigenvalue weighted by Gasteiger charge is 2.25. The molecule has 4 aromatic rings. The van der Waals surface area contributed by atoms with E-state index in [2.05, 4.69) is 27.3 Å². The zero-order chi connectivity index (χ0) is 33.1. The number of ether oxygens (including phenoxy) is 3. The van der Waals surface area contributed by atoms with E-state index in [9.17, 15) is 14.4 Å². The number of nitrogens with one attached hydrogen (secondary N) is 2. The van der Waals surface area contributed by atoms with Crippen LogP contribution in [0.1, 0.15) is 20.8 Å². The fourth-order valence-electron chi connectivity index (χ4n) is 4.73. The molecule has 3 heterocycles. The van der Waals surface area contributed by atoms with Crippen LogP contribution in [-0.2, 0) is 27.4 Å². The number of carbonyl (C=O) groups excluding carboxylic acids is 2. The van der Waals surface area contributed by atoms with E-state index in [4.69, 9.17) is 37.4 Å². The summed E-state index contributed by atoms with van der Waals surface area (Å²) in [6.07, 6.45) is 4.13. The molecule has 0 aliphatic carbocycles. The number of pyridine rings is 2. The Hall–Kier alpha value is -4.39. The maximum absolute atomic E-state index is 14.3. The standard InChI is InChI=1S/C31H34Cl2N6O6/c1-8-24(40)36-20-15-35-39(9-10-43-5)29(20)19-12-18-17(14-34-19)11-21(38(30(18)42)16-25(41)37-31(2,3)4)26-27(32)22(44-6)13-23(45-7)28(26)33/h8,11-15H,1,9-10,16H2,2-7H3,(H,36,40)(H,37,41). The molecule has 2 N–H and O–H groups in total. The Bertz CT molecular complexity index is 1820. The van der Waals surface area contributed by atoms with Gasteiger partial charge in [0.05, 0.1) is 66.1 Å². The number of aromatic nitrogens is 4. The van der Waals surface area contributed by atoms with Crippen molar-refractivity contribution in [3.05, 3.63) is 63.6 Å². The quantitative estimate of drug-likeness (QED) is 0.217. The number of fused-ring (bicyclic) bond motifs is 1. The largest absolute Gasteiger partial charge is 0.495 e. The summed E-state index contributed by atoms with van der Waals surface area (Å²) in [5.74, 6) is -0.326. The smallest absolute Gasteiger partial charge is 0.259 e. The van der Waals surface area contributed by atoms with E-state index in [1.807, 2.05) is 20.8 Å². The number of halogens is 2. The van der Waals surface area contributed by atoms with Gasteiger partial charge >= 0.3 is 0 Å². The van der Waals surface area contributed by atoms with Crippen LogP contribution in [0.3, 0.4) is 0 Å². The molecular formula is C31H34Cl2N6O6. The number of hydrogen-bond acceptors (Lipinski definition) is 8. The van der Waals surface area contributed by atoms with Gasteiger partial charge in [0.25, 0.3) is 5.56 Å². The minimum atomic E-state index is -0.559. The lowest BCUT2D eigenvalue weighted by molar-refractivity contribution is -0.123. The van der Waals surface area contributed by atoms with Crippen LogP contribution in [0.15, 0.2) is 48.0 Å². The molecule has 45 heavy (non-hydrogen) atoms. The highest BCUT2D eigenvalue weighted by Crippen LogP contribution is 2.46. The van der Waals surface area contributed by atoms with Gasteiger partial charge in [-0.1, -0.05) is 29.8 Å². The topological polar surface area (TPSA) is 139 Å². The van der Waals surface area contributed by atoms with Crippen molar-refractivity contribution in [3.63, 3.8) is 0 Å². The molecule has 14 heteroatoms. The zero-order valence-corrected chi connectivity index (χ0v) is 27.3. The molecule has 0 spiro atoms. The van der Waals surface area contributed by atoms with Gasteiger partial charge in [-0.2, -0.15) is 5.10 Å². The molecule has 238 valence electrons. The van der Waals surface area contributed by atoms with Crippen molar-refractivity contribution in [2.75, 3.05) is 33.3 Å². The lowest BCUT2D eigenvalue weighted by Crippen LogP contribution is -2.43. The van der Waals surface area contributed by atoms with Crippen LogP contribution in [0, 0.1) is 0 Å². The number of methoxy groups -OCH3 is 3. The molecule has 0 saturated heterocycles. The molecule has 0 aliphatic heterocycles. The van der Waals surface area contributed by atoms with Gasteiger partial charge in [-0.15, -0.1) is 0 Å². The number of benzene rings is 1. The molecule has 0 unspecified atom stereocenters. The molecule has 0 saturated carbocycles. The van der Waals surface area contributed by atoms with E-state index in [0.29, 0.717) is 35.6 Å². The van der Waals surface area contributed by atoms with Crippen molar-refractivity contribution in [2.24, 2.45) is 0 Å². The molecule has 0 bridgehead atoms. The minimum Gasteiger partial charge on any atom is -0.495 e. The van der Waals surface area contributed by atoms with Gasteiger partial charge in [-0.05, 0) is 39.0 Å². The van der Waals surface area contributed by atoms with Crippen LogP contribution in [-0.4, -0.2) is 64.6 Å². The van der Waals surface area contributed by atoms with Crippen molar-refractivity contribution in [1.29, 1.82) is 0 Å². The molecule has 12 nitrogen and oxygen atoms in total. The summed E-state index contributed by atoms with van der Waals surface area (Å²) in [6, 6.07) is 4.79. The third kappa shape index (κ3) is 7.14. The van der Waals surface area contributed by atoms with Crippen molar-refractivity contribution in [3.8, 4) is 34.1 Å². The van der Waals surface area contributed by atoms with E-state index in [0.717, 1.165) is 6.08 Å².